The summed E-state index contributed by atoms with van der Waals surface area (Å²) in [5, 5.41) is 3.41. The molecule has 0 aliphatic carbocycles. The van der Waals surface area contributed by atoms with Gasteiger partial charge in [-0.2, -0.15) is 0 Å². The highest BCUT2D eigenvalue weighted by Crippen LogP contribution is 2.29. The molecule has 0 amide bonds. The van der Waals surface area contributed by atoms with Crippen molar-refractivity contribution in [1.82, 2.24) is 5.32 Å². The minimum Gasteiger partial charge on any atom is -0.369 e. The molecule has 1 heterocycles. The van der Waals surface area contributed by atoms with Gasteiger partial charge in [0.1, 0.15) is 0 Å². The lowest BCUT2D eigenvalue weighted by Gasteiger charge is -2.32. The second-order valence-corrected chi connectivity index (χ2v) is 5.40. The molecule has 0 spiro atoms. The molecule has 94 valence electrons. The average molecular weight is 232 g/mol. The molecule has 2 rings (SSSR count). The second-order valence-electron chi connectivity index (χ2n) is 5.40. The van der Waals surface area contributed by atoms with Gasteiger partial charge in [-0.15, -0.1) is 0 Å². The molecule has 0 aromatic heterocycles. The maximum atomic E-state index is 3.41. The highest BCUT2D eigenvalue weighted by Gasteiger charge is 2.15. The Morgan fingerprint density at radius 1 is 1.06 bits per heavy atom. The van der Waals surface area contributed by atoms with Crippen molar-refractivity contribution in [1.29, 1.82) is 0 Å². The number of piperazine rings is 1. The normalized spacial score (nSPS) is 16.6. The van der Waals surface area contributed by atoms with Crippen molar-refractivity contribution < 1.29 is 0 Å². The first-order valence-electron chi connectivity index (χ1n) is 6.66. The highest BCUT2D eigenvalue weighted by molar-refractivity contribution is 5.61. The first-order valence-corrected chi connectivity index (χ1v) is 6.66. The number of aryl methyl sites for hydroxylation is 2. The molecule has 17 heavy (non-hydrogen) atoms. The van der Waals surface area contributed by atoms with Gasteiger partial charge in [0.05, 0.1) is 0 Å². The Balaban J connectivity index is 2.33. The molecular weight excluding hydrogens is 208 g/mol. The molecule has 1 saturated heterocycles. The van der Waals surface area contributed by atoms with Crippen LogP contribution in [-0.2, 0) is 0 Å². The van der Waals surface area contributed by atoms with Gasteiger partial charge < -0.3 is 10.2 Å². The number of nitrogens with zero attached hydrogens (tertiary/aromatic N) is 1. The van der Waals surface area contributed by atoms with E-state index in [-0.39, 0.29) is 0 Å². The van der Waals surface area contributed by atoms with Gasteiger partial charge in [-0.3, -0.25) is 0 Å². The topological polar surface area (TPSA) is 15.3 Å². The Morgan fingerprint density at radius 3 is 2.06 bits per heavy atom. The van der Waals surface area contributed by atoms with Gasteiger partial charge in [-0.1, -0.05) is 26.0 Å². The highest BCUT2D eigenvalue weighted by atomic mass is 15.2. The molecule has 1 aromatic carbocycles. The zero-order valence-corrected chi connectivity index (χ0v) is 11.5. The van der Waals surface area contributed by atoms with Crippen LogP contribution in [0.15, 0.2) is 12.1 Å². The van der Waals surface area contributed by atoms with Crippen LogP contribution in [0.3, 0.4) is 0 Å². The van der Waals surface area contributed by atoms with Crippen LogP contribution in [0.1, 0.15) is 36.5 Å². The maximum absolute atomic E-state index is 3.41. The summed E-state index contributed by atoms with van der Waals surface area (Å²) in [6.45, 7) is 13.5. The molecule has 0 unspecified atom stereocenters. The van der Waals surface area contributed by atoms with E-state index in [0.717, 1.165) is 26.2 Å². The predicted octanol–water partition coefficient (Wildman–Crippen LogP) is 2.84. The number of nitrogens with one attached hydrogen (secondary N) is 1. The molecule has 1 aliphatic heterocycles. The molecule has 1 aliphatic rings. The Bertz CT molecular complexity index is 367. The van der Waals surface area contributed by atoms with Crippen molar-refractivity contribution in [3.8, 4) is 0 Å². The number of rotatable bonds is 2. The van der Waals surface area contributed by atoms with Gasteiger partial charge in [-0.05, 0) is 36.5 Å². The van der Waals surface area contributed by atoms with Crippen molar-refractivity contribution in [2.75, 3.05) is 31.1 Å². The molecule has 2 nitrogen and oxygen atoms in total. The lowest BCUT2D eigenvalue weighted by atomic mass is 9.96. The summed E-state index contributed by atoms with van der Waals surface area (Å²) in [5.74, 6) is 0.615. The molecule has 1 N–H and O–H groups in total. The summed E-state index contributed by atoms with van der Waals surface area (Å²) in [5.41, 5.74) is 5.76. The van der Waals surface area contributed by atoms with E-state index in [1.54, 1.807) is 0 Å². The first kappa shape index (κ1) is 12.4. The van der Waals surface area contributed by atoms with Crippen LogP contribution in [0.25, 0.3) is 0 Å². The lowest BCUT2D eigenvalue weighted by Crippen LogP contribution is -2.44. The summed E-state index contributed by atoms with van der Waals surface area (Å²) in [6, 6.07) is 4.71. The van der Waals surface area contributed by atoms with Gasteiger partial charge >= 0.3 is 0 Å². The van der Waals surface area contributed by atoms with Gasteiger partial charge in [0.25, 0.3) is 0 Å². The quantitative estimate of drug-likeness (QED) is 0.843. The SMILES string of the molecule is Cc1cc(C(C)C)cc(C)c1N1CCNCC1. The van der Waals surface area contributed by atoms with Crippen LogP contribution < -0.4 is 10.2 Å². The Kier molecular flexibility index (Phi) is 3.72. The minimum atomic E-state index is 0.615. The molecule has 0 bridgehead atoms. The van der Waals surface area contributed by atoms with Crippen LogP contribution in [0, 0.1) is 13.8 Å². The van der Waals surface area contributed by atoms with Crippen molar-refractivity contribution >= 4 is 5.69 Å². The third kappa shape index (κ3) is 2.63. The molecule has 1 fully saturated rings. The Labute approximate surface area is 105 Å². The number of anilines is 1. The van der Waals surface area contributed by atoms with Crippen molar-refractivity contribution in [3.05, 3.63) is 28.8 Å². The van der Waals surface area contributed by atoms with Gasteiger partial charge in [-0.25, -0.2) is 0 Å². The van der Waals surface area contributed by atoms with E-state index in [9.17, 15) is 0 Å². The lowest BCUT2D eigenvalue weighted by molar-refractivity contribution is 0.587. The summed E-state index contributed by atoms with van der Waals surface area (Å²) in [6.07, 6.45) is 0. The number of hydrogen-bond acceptors (Lipinski definition) is 2. The second kappa shape index (κ2) is 5.09. The van der Waals surface area contributed by atoms with Crippen molar-refractivity contribution in [3.63, 3.8) is 0 Å². The fraction of sp³-hybridized carbons (Fsp3) is 0.600. The summed E-state index contributed by atoms with van der Waals surface area (Å²) >= 11 is 0. The molecule has 2 heteroatoms. The summed E-state index contributed by atoms with van der Waals surface area (Å²) in [4.78, 5) is 2.52. The molecule has 0 saturated carbocycles. The van der Waals surface area contributed by atoms with E-state index in [2.05, 4.69) is 50.0 Å². The molecule has 0 atom stereocenters. The standard InChI is InChI=1S/C15H24N2/c1-11(2)14-9-12(3)15(13(4)10-14)17-7-5-16-6-8-17/h9-11,16H,5-8H2,1-4H3. The smallest absolute Gasteiger partial charge is 0.0426 e. The van der Waals surface area contributed by atoms with Crippen LogP contribution >= 0.6 is 0 Å². The largest absolute Gasteiger partial charge is 0.369 e. The maximum Gasteiger partial charge on any atom is 0.0426 e. The summed E-state index contributed by atoms with van der Waals surface area (Å²) < 4.78 is 0. The average Bonchev–Trinajstić information content (AvgIpc) is 2.29. The van der Waals surface area contributed by atoms with E-state index in [0.29, 0.717) is 5.92 Å². The fourth-order valence-electron chi connectivity index (χ4n) is 2.71. The molecular formula is C15H24N2. The van der Waals surface area contributed by atoms with Gasteiger partial charge in [0.15, 0.2) is 0 Å². The van der Waals surface area contributed by atoms with Crippen LogP contribution in [0.2, 0.25) is 0 Å². The van der Waals surface area contributed by atoms with Crippen molar-refractivity contribution in [2.45, 2.75) is 33.6 Å². The monoisotopic (exact) mass is 232 g/mol. The Morgan fingerprint density at radius 2 is 1.59 bits per heavy atom. The van der Waals surface area contributed by atoms with Crippen molar-refractivity contribution in [2.24, 2.45) is 0 Å². The summed E-state index contributed by atoms with van der Waals surface area (Å²) in [7, 11) is 0. The van der Waals surface area contributed by atoms with Gasteiger partial charge in [0, 0.05) is 31.9 Å². The minimum absolute atomic E-state index is 0.615. The van der Waals surface area contributed by atoms with Crippen LogP contribution in [0.4, 0.5) is 5.69 Å². The van der Waals surface area contributed by atoms with E-state index >= 15 is 0 Å². The third-order valence-corrected chi connectivity index (χ3v) is 3.61. The third-order valence-electron chi connectivity index (χ3n) is 3.61. The van der Waals surface area contributed by atoms with E-state index in [1.807, 2.05) is 0 Å². The van der Waals surface area contributed by atoms with E-state index in [4.69, 9.17) is 0 Å². The van der Waals surface area contributed by atoms with Crippen LogP contribution in [-0.4, -0.2) is 26.2 Å². The van der Waals surface area contributed by atoms with Gasteiger partial charge in [0.2, 0.25) is 0 Å². The van der Waals surface area contributed by atoms with E-state index < -0.39 is 0 Å². The van der Waals surface area contributed by atoms with E-state index in [1.165, 1.54) is 22.4 Å². The zero-order valence-electron chi connectivity index (χ0n) is 11.5. The van der Waals surface area contributed by atoms with Crippen LogP contribution in [0.5, 0.6) is 0 Å². The Hall–Kier alpha value is -1.02. The first-order chi connectivity index (χ1) is 8.09. The number of hydrogen-bond donors (Lipinski definition) is 1. The molecule has 0 radical (unpaired) electrons. The number of benzene rings is 1. The zero-order chi connectivity index (χ0) is 12.4. The molecule has 1 aromatic rings. The fourth-order valence-corrected chi connectivity index (χ4v) is 2.71. The predicted molar refractivity (Wildman–Crippen MR) is 75.1 cm³/mol.